The van der Waals surface area contributed by atoms with Crippen LogP contribution >= 0.6 is 0 Å². The fourth-order valence-corrected chi connectivity index (χ4v) is 1.93. The summed E-state index contributed by atoms with van der Waals surface area (Å²) in [5, 5.41) is 3.56. The average molecular weight is 228 g/mol. The minimum atomic E-state index is 0.410. The molecule has 98 valence electrons. The Labute approximate surface area is 103 Å². The van der Waals surface area contributed by atoms with Crippen LogP contribution in [0.25, 0.3) is 0 Å². The lowest BCUT2D eigenvalue weighted by Gasteiger charge is -2.36. The third kappa shape index (κ3) is 5.86. The van der Waals surface area contributed by atoms with Gasteiger partial charge in [-0.05, 0) is 45.2 Å². The van der Waals surface area contributed by atoms with Gasteiger partial charge >= 0.3 is 0 Å². The van der Waals surface area contributed by atoms with Crippen molar-refractivity contribution in [3.63, 3.8) is 0 Å². The summed E-state index contributed by atoms with van der Waals surface area (Å²) in [6, 6.07) is 0.692. The third-order valence-corrected chi connectivity index (χ3v) is 3.81. The topological polar surface area (TPSA) is 15.3 Å². The minimum Gasteiger partial charge on any atom is -0.316 e. The molecular formula is C14H32N2. The van der Waals surface area contributed by atoms with Gasteiger partial charge in [-0.1, -0.05) is 27.7 Å². The van der Waals surface area contributed by atoms with E-state index in [4.69, 9.17) is 0 Å². The van der Waals surface area contributed by atoms with Crippen molar-refractivity contribution in [3.8, 4) is 0 Å². The average Bonchev–Trinajstić information content (AvgIpc) is 2.28. The van der Waals surface area contributed by atoms with Gasteiger partial charge in [-0.15, -0.1) is 0 Å². The molecule has 0 rings (SSSR count). The first kappa shape index (κ1) is 15.9. The van der Waals surface area contributed by atoms with Crippen LogP contribution in [0, 0.1) is 5.41 Å². The van der Waals surface area contributed by atoms with Crippen molar-refractivity contribution in [1.29, 1.82) is 0 Å². The van der Waals surface area contributed by atoms with Gasteiger partial charge in [-0.2, -0.15) is 0 Å². The number of hydrogen-bond acceptors (Lipinski definition) is 2. The molecule has 0 radical (unpaired) electrons. The fraction of sp³-hybridized carbons (Fsp3) is 1.00. The predicted octanol–water partition coefficient (Wildman–Crippen LogP) is 3.13. The first-order chi connectivity index (χ1) is 7.49. The van der Waals surface area contributed by atoms with Gasteiger partial charge in [0, 0.05) is 19.1 Å². The van der Waals surface area contributed by atoms with Gasteiger partial charge in [0.25, 0.3) is 0 Å². The molecular weight excluding hydrogens is 196 g/mol. The van der Waals surface area contributed by atoms with Gasteiger partial charge in [0.15, 0.2) is 0 Å². The van der Waals surface area contributed by atoms with Gasteiger partial charge in [0.2, 0.25) is 0 Å². The third-order valence-electron chi connectivity index (χ3n) is 3.81. The highest BCUT2D eigenvalue weighted by molar-refractivity contribution is 4.80. The fourth-order valence-electron chi connectivity index (χ4n) is 1.93. The molecule has 0 heterocycles. The van der Waals surface area contributed by atoms with Crippen LogP contribution in [0.1, 0.15) is 53.9 Å². The maximum Gasteiger partial charge on any atom is 0.00614 e. The van der Waals surface area contributed by atoms with Crippen molar-refractivity contribution in [2.24, 2.45) is 5.41 Å². The minimum absolute atomic E-state index is 0.410. The van der Waals surface area contributed by atoms with Crippen LogP contribution in [0.3, 0.4) is 0 Å². The molecule has 1 N–H and O–H groups in total. The van der Waals surface area contributed by atoms with E-state index >= 15 is 0 Å². The molecule has 0 aromatic rings. The molecule has 0 saturated heterocycles. The van der Waals surface area contributed by atoms with Crippen LogP contribution in [-0.2, 0) is 0 Å². The zero-order chi connectivity index (χ0) is 12.6. The molecule has 0 fully saturated rings. The molecule has 16 heavy (non-hydrogen) atoms. The molecule has 0 aromatic carbocycles. The van der Waals surface area contributed by atoms with E-state index in [0.717, 1.165) is 13.1 Å². The van der Waals surface area contributed by atoms with Crippen molar-refractivity contribution in [2.75, 3.05) is 26.7 Å². The summed E-state index contributed by atoms with van der Waals surface area (Å²) < 4.78 is 0. The first-order valence-corrected chi connectivity index (χ1v) is 6.90. The van der Waals surface area contributed by atoms with E-state index in [1.165, 1.54) is 25.8 Å². The van der Waals surface area contributed by atoms with Crippen LogP contribution in [0.2, 0.25) is 0 Å². The molecule has 0 bridgehead atoms. The van der Waals surface area contributed by atoms with Crippen LogP contribution in [0.15, 0.2) is 0 Å². The summed E-state index contributed by atoms with van der Waals surface area (Å²) in [6.45, 7) is 15.0. The van der Waals surface area contributed by atoms with Crippen molar-refractivity contribution in [3.05, 3.63) is 0 Å². The van der Waals surface area contributed by atoms with Crippen LogP contribution < -0.4 is 5.32 Å². The zero-order valence-corrected chi connectivity index (χ0v) is 12.3. The summed E-state index contributed by atoms with van der Waals surface area (Å²) in [4.78, 5) is 2.50. The molecule has 2 atom stereocenters. The zero-order valence-electron chi connectivity index (χ0n) is 12.3. The second-order valence-corrected chi connectivity index (χ2v) is 5.51. The van der Waals surface area contributed by atoms with E-state index in [1.54, 1.807) is 0 Å². The van der Waals surface area contributed by atoms with E-state index in [0.29, 0.717) is 11.5 Å². The second kappa shape index (κ2) is 8.08. The molecule has 0 aliphatic carbocycles. The normalized spacial score (nSPS) is 17.4. The molecule has 0 spiro atoms. The largest absolute Gasteiger partial charge is 0.316 e. The maximum absolute atomic E-state index is 3.56. The molecule has 0 amide bonds. The predicted molar refractivity (Wildman–Crippen MR) is 73.9 cm³/mol. The lowest BCUT2D eigenvalue weighted by atomic mass is 9.86. The van der Waals surface area contributed by atoms with Gasteiger partial charge in [0.05, 0.1) is 0 Å². The quantitative estimate of drug-likeness (QED) is 0.610. The van der Waals surface area contributed by atoms with Crippen LogP contribution in [0.4, 0.5) is 0 Å². The highest BCUT2D eigenvalue weighted by Crippen LogP contribution is 2.22. The summed E-state index contributed by atoms with van der Waals surface area (Å²) in [5.41, 5.74) is 0.410. The SMILES string of the molecule is CCCNCC(C)(CC)CN(C)C(C)CC. The highest BCUT2D eigenvalue weighted by Gasteiger charge is 2.24. The highest BCUT2D eigenvalue weighted by atomic mass is 15.1. The Hall–Kier alpha value is -0.0800. The lowest BCUT2D eigenvalue weighted by molar-refractivity contribution is 0.145. The molecule has 2 heteroatoms. The van der Waals surface area contributed by atoms with E-state index < -0.39 is 0 Å². The van der Waals surface area contributed by atoms with Crippen molar-refractivity contribution in [1.82, 2.24) is 10.2 Å². The van der Waals surface area contributed by atoms with E-state index in [-0.39, 0.29) is 0 Å². The Balaban J connectivity index is 4.13. The Morgan fingerprint density at radius 3 is 2.31 bits per heavy atom. The number of nitrogens with one attached hydrogen (secondary N) is 1. The van der Waals surface area contributed by atoms with E-state index in [9.17, 15) is 0 Å². The summed E-state index contributed by atoms with van der Waals surface area (Å²) in [7, 11) is 2.25. The maximum atomic E-state index is 3.56. The Bertz CT molecular complexity index is 170. The van der Waals surface area contributed by atoms with Crippen molar-refractivity contribution < 1.29 is 0 Å². The summed E-state index contributed by atoms with van der Waals surface area (Å²) in [5.74, 6) is 0. The standard InChI is InChI=1S/C14H32N2/c1-7-10-15-11-14(5,9-3)12-16(6)13(4)8-2/h13,15H,7-12H2,1-6H3. The van der Waals surface area contributed by atoms with Crippen LogP contribution in [-0.4, -0.2) is 37.6 Å². The number of hydrogen-bond donors (Lipinski definition) is 1. The number of rotatable bonds is 9. The molecule has 0 aromatic heterocycles. The van der Waals surface area contributed by atoms with Crippen molar-refractivity contribution in [2.45, 2.75) is 59.9 Å². The second-order valence-electron chi connectivity index (χ2n) is 5.51. The first-order valence-electron chi connectivity index (χ1n) is 6.90. The summed E-state index contributed by atoms with van der Waals surface area (Å²) in [6.07, 6.45) is 3.70. The van der Waals surface area contributed by atoms with Gasteiger partial charge in [0.1, 0.15) is 0 Å². The molecule has 0 aliphatic heterocycles. The van der Waals surface area contributed by atoms with E-state index in [1.807, 2.05) is 0 Å². The van der Waals surface area contributed by atoms with E-state index in [2.05, 4.69) is 51.9 Å². The Morgan fingerprint density at radius 2 is 1.88 bits per heavy atom. The van der Waals surface area contributed by atoms with Crippen molar-refractivity contribution >= 4 is 0 Å². The summed E-state index contributed by atoms with van der Waals surface area (Å²) >= 11 is 0. The molecule has 0 aliphatic rings. The lowest BCUT2D eigenvalue weighted by Crippen LogP contribution is -2.43. The molecule has 2 nitrogen and oxygen atoms in total. The van der Waals surface area contributed by atoms with Gasteiger partial charge in [-0.3, -0.25) is 0 Å². The monoisotopic (exact) mass is 228 g/mol. The molecule has 2 unspecified atom stereocenters. The Kier molecular flexibility index (Phi) is 8.04. The number of nitrogens with zero attached hydrogens (tertiary/aromatic N) is 1. The smallest absolute Gasteiger partial charge is 0.00614 e. The van der Waals surface area contributed by atoms with Crippen LogP contribution in [0.5, 0.6) is 0 Å². The van der Waals surface area contributed by atoms with Gasteiger partial charge in [-0.25, -0.2) is 0 Å². The Morgan fingerprint density at radius 1 is 1.25 bits per heavy atom. The van der Waals surface area contributed by atoms with Gasteiger partial charge < -0.3 is 10.2 Å². The molecule has 0 saturated carbocycles.